The molecule has 1 unspecified atom stereocenters. The summed E-state index contributed by atoms with van der Waals surface area (Å²) in [4.78, 5) is 0. The number of hydrogen-bond acceptors (Lipinski definition) is 4. The first-order valence-electron chi connectivity index (χ1n) is 7.17. The lowest BCUT2D eigenvalue weighted by Crippen LogP contribution is -2.19. The number of halogens is 1. The minimum absolute atomic E-state index is 0.0795. The maximum Gasteiger partial charge on any atom is 0.124 e. The van der Waals surface area contributed by atoms with Crippen LogP contribution in [0.4, 0.5) is 5.69 Å². The van der Waals surface area contributed by atoms with Crippen LogP contribution in [0.5, 0.6) is 5.75 Å². The third kappa shape index (κ3) is 2.80. The highest BCUT2D eigenvalue weighted by Gasteiger charge is 2.30. The molecular formula is C17H18ClN3O. The minimum atomic E-state index is 0.0795. The number of anilines is 1. The van der Waals surface area contributed by atoms with Gasteiger partial charge in [-0.2, -0.15) is 5.10 Å². The van der Waals surface area contributed by atoms with Crippen molar-refractivity contribution in [3.05, 3.63) is 59.1 Å². The summed E-state index contributed by atoms with van der Waals surface area (Å²) in [5.74, 6) is 0.861. The number of ether oxygens (including phenoxy) is 1. The molecule has 1 heterocycles. The Balaban J connectivity index is 2.01. The predicted molar refractivity (Wildman–Crippen MR) is 90.8 cm³/mol. The Bertz CT molecular complexity index is 685. The van der Waals surface area contributed by atoms with Crippen LogP contribution in [0.3, 0.4) is 0 Å². The summed E-state index contributed by atoms with van der Waals surface area (Å²) in [7, 11) is 1.69. The molecule has 114 valence electrons. The Morgan fingerprint density at radius 3 is 2.64 bits per heavy atom. The van der Waals surface area contributed by atoms with E-state index >= 15 is 0 Å². The zero-order chi connectivity index (χ0) is 15.5. The topological polar surface area (TPSA) is 50.9 Å². The third-order valence-electron chi connectivity index (χ3n) is 3.80. The first-order chi connectivity index (χ1) is 10.7. The molecule has 2 aromatic rings. The average Bonchev–Trinajstić information content (AvgIpc) is 2.99. The third-order valence-corrected chi connectivity index (χ3v) is 4.05. The van der Waals surface area contributed by atoms with Gasteiger partial charge in [-0.05, 0) is 30.3 Å². The molecule has 0 bridgehead atoms. The first kappa shape index (κ1) is 14.9. The summed E-state index contributed by atoms with van der Waals surface area (Å²) in [6.07, 6.45) is 0.791. The van der Waals surface area contributed by atoms with Crippen LogP contribution < -0.4 is 15.5 Å². The van der Waals surface area contributed by atoms with Gasteiger partial charge in [0.15, 0.2) is 0 Å². The fourth-order valence-electron chi connectivity index (χ4n) is 2.71. The number of nitrogens with zero attached hydrogens (tertiary/aromatic N) is 2. The van der Waals surface area contributed by atoms with Gasteiger partial charge in [0.05, 0.1) is 24.6 Å². The molecule has 0 amide bonds. The van der Waals surface area contributed by atoms with Crippen LogP contribution in [0.1, 0.15) is 18.0 Å². The normalized spacial score (nSPS) is 17.5. The Morgan fingerprint density at radius 1 is 1.23 bits per heavy atom. The molecule has 0 fully saturated rings. The number of benzene rings is 2. The highest BCUT2D eigenvalue weighted by molar-refractivity contribution is 6.30. The lowest BCUT2D eigenvalue weighted by molar-refractivity contribution is 0.405. The molecule has 0 saturated heterocycles. The van der Waals surface area contributed by atoms with Crippen molar-refractivity contribution in [2.45, 2.75) is 12.5 Å². The Morgan fingerprint density at radius 2 is 1.95 bits per heavy atom. The molecule has 0 saturated carbocycles. The average molecular weight is 316 g/mol. The monoisotopic (exact) mass is 315 g/mol. The standard InChI is InChI=1S/C17H18ClN3O/c1-22-17-5-3-2-4-15(17)16-10-13(11-19)20-21(16)14-8-6-12(18)7-9-14/h2-9,16H,10-11,19H2,1H3. The predicted octanol–water partition coefficient (Wildman–Crippen LogP) is 3.61. The number of hydrazone groups is 1. The highest BCUT2D eigenvalue weighted by Crippen LogP contribution is 2.39. The van der Waals surface area contributed by atoms with E-state index in [-0.39, 0.29) is 6.04 Å². The smallest absolute Gasteiger partial charge is 0.124 e. The van der Waals surface area contributed by atoms with Gasteiger partial charge in [0.25, 0.3) is 0 Å². The van der Waals surface area contributed by atoms with Gasteiger partial charge in [-0.1, -0.05) is 29.8 Å². The minimum Gasteiger partial charge on any atom is -0.496 e. The molecule has 3 rings (SSSR count). The second-order valence-electron chi connectivity index (χ2n) is 5.15. The molecule has 0 aromatic heterocycles. The zero-order valence-electron chi connectivity index (χ0n) is 12.4. The molecule has 1 atom stereocenters. The summed E-state index contributed by atoms with van der Waals surface area (Å²) < 4.78 is 5.50. The van der Waals surface area contributed by atoms with E-state index in [0.29, 0.717) is 11.6 Å². The van der Waals surface area contributed by atoms with Gasteiger partial charge >= 0.3 is 0 Å². The van der Waals surface area contributed by atoms with Crippen molar-refractivity contribution in [3.8, 4) is 5.75 Å². The fraction of sp³-hybridized carbons (Fsp3) is 0.235. The molecule has 0 radical (unpaired) electrons. The molecular weight excluding hydrogens is 298 g/mol. The van der Waals surface area contributed by atoms with Crippen molar-refractivity contribution in [1.29, 1.82) is 0 Å². The quantitative estimate of drug-likeness (QED) is 0.937. The van der Waals surface area contributed by atoms with Crippen LogP contribution >= 0.6 is 11.6 Å². The molecule has 1 aliphatic rings. The second-order valence-corrected chi connectivity index (χ2v) is 5.59. The van der Waals surface area contributed by atoms with Gasteiger partial charge in [-0.15, -0.1) is 0 Å². The number of para-hydroxylation sites is 1. The van der Waals surface area contributed by atoms with E-state index in [2.05, 4.69) is 11.2 Å². The van der Waals surface area contributed by atoms with Gasteiger partial charge in [-0.25, -0.2) is 0 Å². The number of methoxy groups -OCH3 is 1. The Labute approximate surface area is 135 Å². The highest BCUT2D eigenvalue weighted by atomic mass is 35.5. The van der Waals surface area contributed by atoms with Crippen LogP contribution in [0.25, 0.3) is 0 Å². The van der Waals surface area contributed by atoms with Gasteiger partial charge < -0.3 is 10.5 Å². The van der Waals surface area contributed by atoms with Gasteiger partial charge in [-0.3, -0.25) is 5.01 Å². The molecule has 0 spiro atoms. The molecule has 2 N–H and O–H groups in total. The molecule has 5 heteroatoms. The molecule has 4 nitrogen and oxygen atoms in total. The van der Waals surface area contributed by atoms with Gasteiger partial charge in [0.2, 0.25) is 0 Å². The van der Waals surface area contributed by atoms with E-state index in [1.807, 2.05) is 47.5 Å². The van der Waals surface area contributed by atoms with E-state index in [1.165, 1.54) is 0 Å². The zero-order valence-corrected chi connectivity index (χ0v) is 13.1. The summed E-state index contributed by atoms with van der Waals surface area (Å²) in [6, 6.07) is 15.8. The van der Waals surface area contributed by atoms with E-state index in [9.17, 15) is 0 Å². The van der Waals surface area contributed by atoms with Gasteiger partial charge in [0.1, 0.15) is 5.75 Å². The lowest BCUT2D eigenvalue weighted by atomic mass is 10.0. The largest absolute Gasteiger partial charge is 0.496 e. The van der Waals surface area contributed by atoms with Crippen LogP contribution in [-0.4, -0.2) is 19.4 Å². The molecule has 1 aliphatic heterocycles. The van der Waals surface area contributed by atoms with Crippen molar-refractivity contribution in [2.24, 2.45) is 10.8 Å². The second kappa shape index (κ2) is 6.38. The molecule has 0 aliphatic carbocycles. The summed E-state index contributed by atoms with van der Waals surface area (Å²) in [5.41, 5.74) is 8.87. The maximum absolute atomic E-state index is 5.98. The molecule has 22 heavy (non-hydrogen) atoms. The Hall–Kier alpha value is -2.04. The number of hydrogen-bond donors (Lipinski definition) is 1. The van der Waals surface area contributed by atoms with Crippen molar-refractivity contribution in [3.63, 3.8) is 0 Å². The van der Waals surface area contributed by atoms with Crippen molar-refractivity contribution < 1.29 is 4.74 Å². The molecule has 2 aromatic carbocycles. The van der Waals surface area contributed by atoms with Crippen LogP contribution in [0.15, 0.2) is 53.6 Å². The first-order valence-corrected chi connectivity index (χ1v) is 7.55. The van der Waals surface area contributed by atoms with Gasteiger partial charge in [0, 0.05) is 23.6 Å². The lowest BCUT2D eigenvalue weighted by Gasteiger charge is -2.25. The van der Waals surface area contributed by atoms with E-state index < -0.39 is 0 Å². The van der Waals surface area contributed by atoms with E-state index in [4.69, 9.17) is 22.1 Å². The number of nitrogens with two attached hydrogens (primary N) is 1. The van der Waals surface area contributed by atoms with Crippen molar-refractivity contribution in [2.75, 3.05) is 18.7 Å². The summed E-state index contributed by atoms with van der Waals surface area (Å²) >= 11 is 5.98. The number of rotatable bonds is 4. The SMILES string of the molecule is COc1ccccc1C1CC(CN)=NN1c1ccc(Cl)cc1. The Kier molecular flexibility index (Phi) is 4.32. The van der Waals surface area contributed by atoms with Crippen LogP contribution in [-0.2, 0) is 0 Å². The van der Waals surface area contributed by atoms with Crippen molar-refractivity contribution >= 4 is 23.0 Å². The summed E-state index contributed by atoms with van der Waals surface area (Å²) in [6.45, 7) is 0.454. The summed E-state index contributed by atoms with van der Waals surface area (Å²) in [5, 5.41) is 7.37. The van der Waals surface area contributed by atoms with Crippen molar-refractivity contribution in [1.82, 2.24) is 0 Å². The van der Waals surface area contributed by atoms with E-state index in [1.54, 1.807) is 7.11 Å². The van der Waals surface area contributed by atoms with Crippen LogP contribution in [0, 0.1) is 0 Å². The fourth-order valence-corrected chi connectivity index (χ4v) is 2.84. The van der Waals surface area contributed by atoms with E-state index in [0.717, 1.165) is 29.1 Å². The maximum atomic E-state index is 5.98. The van der Waals surface area contributed by atoms with Crippen LogP contribution in [0.2, 0.25) is 5.02 Å².